The maximum atomic E-state index is 12.4. The molecule has 0 saturated carbocycles. The van der Waals surface area contributed by atoms with Crippen molar-refractivity contribution in [3.63, 3.8) is 0 Å². The van der Waals surface area contributed by atoms with Crippen LogP contribution < -0.4 is 10.2 Å². The third-order valence-corrected chi connectivity index (χ3v) is 8.36. The lowest BCUT2D eigenvalue weighted by Gasteiger charge is -2.14. The number of aromatic nitrogens is 3. The zero-order valence-electron chi connectivity index (χ0n) is 31.9. The summed E-state index contributed by atoms with van der Waals surface area (Å²) in [5.41, 5.74) is 7.84. The van der Waals surface area contributed by atoms with Gasteiger partial charge < -0.3 is 19.4 Å². The lowest BCUT2D eigenvalue weighted by atomic mass is 9.97. The first-order valence-electron chi connectivity index (χ1n) is 18.1. The normalized spacial score (nSPS) is 11.4. The van der Waals surface area contributed by atoms with Gasteiger partial charge in [-0.15, -0.1) is 0 Å². The molecule has 4 aromatic rings. The smallest absolute Gasteiger partial charge is 0.252 e. The van der Waals surface area contributed by atoms with E-state index in [1.54, 1.807) is 14.0 Å². The molecule has 1 N–H and O–H groups in total. The number of anilines is 1. The minimum Gasteiger partial charge on any atom is -0.363 e. The van der Waals surface area contributed by atoms with Gasteiger partial charge in [0.05, 0.1) is 5.57 Å². The van der Waals surface area contributed by atoms with E-state index in [0.29, 0.717) is 11.1 Å². The van der Waals surface area contributed by atoms with Gasteiger partial charge in [0, 0.05) is 80.2 Å². The van der Waals surface area contributed by atoms with E-state index in [-0.39, 0.29) is 5.91 Å². The summed E-state index contributed by atoms with van der Waals surface area (Å²) in [6, 6.07) is 15.1. The predicted octanol–water partition coefficient (Wildman–Crippen LogP) is 9.45. The highest BCUT2D eigenvalue weighted by molar-refractivity contribution is 6.24. The molecule has 3 aromatic heterocycles. The van der Waals surface area contributed by atoms with Crippen molar-refractivity contribution < 1.29 is 9.59 Å². The van der Waals surface area contributed by atoms with E-state index < -0.39 is 0 Å². The molecule has 0 bridgehead atoms. The number of para-hydroxylation sites is 1. The maximum Gasteiger partial charge on any atom is 0.252 e. The number of pyridine rings is 1. The van der Waals surface area contributed by atoms with E-state index in [4.69, 9.17) is 4.98 Å². The fraction of sp³-hybridized carbons (Fsp3) is 0.452. The van der Waals surface area contributed by atoms with Crippen molar-refractivity contribution in [3.8, 4) is 0 Å². The van der Waals surface area contributed by atoms with Crippen LogP contribution in [0.15, 0.2) is 66.5 Å². The SMILES string of the molecule is CC.CC/C=C\c1c(/C(C(=O)NC)=C(\C)C=O)cn(CCCC)c1CC.Cc1cc(CCCCn2ccc3ccccc32)nc(N(C)C)c1. The van der Waals surface area contributed by atoms with Crippen LogP contribution in [0.5, 0.6) is 0 Å². The molecule has 4 rings (SSSR count). The number of amides is 1. The quantitative estimate of drug-likeness (QED) is 0.0779. The van der Waals surface area contributed by atoms with Crippen LogP contribution in [0.4, 0.5) is 5.82 Å². The minimum atomic E-state index is -0.221. The molecule has 1 amide bonds. The molecule has 7 heteroatoms. The average molecular weight is 668 g/mol. The van der Waals surface area contributed by atoms with Crippen LogP contribution in [-0.4, -0.2) is 47.5 Å². The highest BCUT2D eigenvalue weighted by Crippen LogP contribution is 2.29. The van der Waals surface area contributed by atoms with Crippen molar-refractivity contribution in [1.82, 2.24) is 19.4 Å². The molecule has 0 saturated heterocycles. The van der Waals surface area contributed by atoms with Crippen molar-refractivity contribution in [1.29, 1.82) is 0 Å². The number of hydrogen-bond acceptors (Lipinski definition) is 4. The Morgan fingerprint density at radius 1 is 0.980 bits per heavy atom. The van der Waals surface area contributed by atoms with E-state index in [9.17, 15) is 9.59 Å². The summed E-state index contributed by atoms with van der Waals surface area (Å²) in [4.78, 5) is 30.5. The second-order valence-electron chi connectivity index (χ2n) is 12.3. The number of hydrogen-bond donors (Lipinski definition) is 1. The maximum absolute atomic E-state index is 12.4. The Hall–Kier alpha value is -4.39. The molecule has 7 nitrogen and oxygen atoms in total. The number of aryl methyl sites for hydroxylation is 4. The average Bonchev–Trinajstić information content (AvgIpc) is 3.69. The van der Waals surface area contributed by atoms with Gasteiger partial charge in [-0.05, 0) is 87.6 Å². The minimum absolute atomic E-state index is 0.221. The highest BCUT2D eigenvalue weighted by atomic mass is 16.1. The van der Waals surface area contributed by atoms with Crippen LogP contribution in [0.1, 0.15) is 102 Å². The second-order valence-corrected chi connectivity index (χ2v) is 12.3. The topological polar surface area (TPSA) is 72.2 Å². The summed E-state index contributed by atoms with van der Waals surface area (Å²) in [6.45, 7) is 16.2. The van der Waals surface area contributed by atoms with Crippen molar-refractivity contribution in [2.45, 2.75) is 107 Å². The molecule has 0 aliphatic carbocycles. The molecule has 0 atom stereocenters. The zero-order valence-corrected chi connectivity index (χ0v) is 31.9. The molecule has 0 aliphatic heterocycles. The summed E-state index contributed by atoms with van der Waals surface area (Å²) >= 11 is 0. The van der Waals surface area contributed by atoms with Crippen LogP contribution >= 0.6 is 0 Å². The fourth-order valence-corrected chi connectivity index (χ4v) is 5.85. The van der Waals surface area contributed by atoms with Crippen LogP contribution in [-0.2, 0) is 35.5 Å². The Balaban J connectivity index is 0.000000324. The second kappa shape index (κ2) is 21.6. The van der Waals surface area contributed by atoms with E-state index in [1.807, 2.05) is 34.1 Å². The Bertz CT molecular complexity index is 1670. The summed E-state index contributed by atoms with van der Waals surface area (Å²) in [5, 5.41) is 3.99. The number of nitrogens with zero attached hydrogens (tertiary/aromatic N) is 4. The highest BCUT2D eigenvalue weighted by Gasteiger charge is 2.21. The standard InChI is InChI=1S/C20H25N3.C20H30N2O2.C2H6/c1-16-14-18(21-20(15-16)22(2)3)9-6-7-12-23-13-11-17-8-4-5-10-19(17)23;1-6-9-11-16-17(19(15(4)14-23)20(24)21-5)13-22(12-10-7-2)18(16)8-3;1-2/h4-5,8,10-11,13-15H,6-7,9,12H2,1-3H3;9,11,13-14H,6-8,10,12H2,1-5H3,(H,21,24);1-2H3/b;11-9-,19-15-;. The molecule has 0 spiro atoms. The molecule has 0 radical (unpaired) electrons. The Kier molecular flexibility index (Phi) is 17.9. The lowest BCUT2D eigenvalue weighted by Crippen LogP contribution is -2.20. The number of carbonyl (C=O) groups excluding carboxylic acids is 2. The van der Waals surface area contributed by atoms with Gasteiger partial charge in [-0.25, -0.2) is 4.98 Å². The van der Waals surface area contributed by atoms with E-state index in [1.165, 1.54) is 34.3 Å². The Morgan fingerprint density at radius 3 is 2.33 bits per heavy atom. The van der Waals surface area contributed by atoms with Gasteiger partial charge in [-0.1, -0.05) is 71.4 Å². The number of fused-ring (bicyclic) bond motifs is 1. The first kappa shape index (κ1) is 40.8. The molecule has 1 aromatic carbocycles. The first-order chi connectivity index (χ1) is 23.7. The lowest BCUT2D eigenvalue weighted by molar-refractivity contribution is -0.115. The monoisotopic (exact) mass is 667 g/mol. The Morgan fingerprint density at radius 2 is 1.69 bits per heavy atom. The number of likely N-dealkylation sites (N-methyl/N-ethyl adjacent to an activating group) is 1. The molecular formula is C42H61N5O2. The van der Waals surface area contributed by atoms with Crippen molar-refractivity contribution in [2.24, 2.45) is 0 Å². The number of unbranched alkanes of at least 4 members (excludes halogenated alkanes) is 2. The molecular weight excluding hydrogens is 606 g/mol. The zero-order chi connectivity index (χ0) is 36.3. The number of allylic oxidation sites excluding steroid dienone is 2. The van der Waals surface area contributed by atoms with E-state index in [2.05, 4.69) is 108 Å². The number of carbonyl (C=O) groups is 2. The van der Waals surface area contributed by atoms with Gasteiger partial charge in [-0.3, -0.25) is 9.59 Å². The third-order valence-electron chi connectivity index (χ3n) is 8.36. The third kappa shape index (κ3) is 11.6. The molecule has 0 unspecified atom stereocenters. The summed E-state index contributed by atoms with van der Waals surface area (Å²) in [7, 11) is 5.68. The number of aldehydes is 1. The summed E-state index contributed by atoms with van der Waals surface area (Å²) in [5.74, 6) is 0.831. The van der Waals surface area contributed by atoms with Gasteiger partial charge >= 0.3 is 0 Å². The van der Waals surface area contributed by atoms with Crippen LogP contribution in [0, 0.1) is 6.92 Å². The molecule has 0 fully saturated rings. The fourth-order valence-electron chi connectivity index (χ4n) is 5.85. The molecule has 3 heterocycles. The summed E-state index contributed by atoms with van der Waals surface area (Å²) < 4.78 is 4.58. The predicted molar refractivity (Wildman–Crippen MR) is 210 cm³/mol. The van der Waals surface area contributed by atoms with Gasteiger partial charge in [0.25, 0.3) is 5.91 Å². The van der Waals surface area contributed by atoms with Crippen LogP contribution in [0.25, 0.3) is 22.6 Å². The van der Waals surface area contributed by atoms with Crippen LogP contribution in [0.2, 0.25) is 0 Å². The van der Waals surface area contributed by atoms with E-state index in [0.717, 1.165) is 74.8 Å². The van der Waals surface area contributed by atoms with Crippen molar-refractivity contribution in [2.75, 3.05) is 26.0 Å². The largest absolute Gasteiger partial charge is 0.363 e. The number of nitrogens with one attached hydrogen (secondary N) is 1. The van der Waals surface area contributed by atoms with Gasteiger partial charge in [0.15, 0.2) is 0 Å². The van der Waals surface area contributed by atoms with Gasteiger partial charge in [-0.2, -0.15) is 0 Å². The van der Waals surface area contributed by atoms with Crippen molar-refractivity contribution >= 4 is 40.6 Å². The Labute approximate surface area is 296 Å². The molecule has 0 aliphatic rings. The molecule has 49 heavy (non-hydrogen) atoms. The van der Waals surface area contributed by atoms with Crippen molar-refractivity contribution in [3.05, 3.63) is 94.6 Å². The first-order valence-corrected chi connectivity index (χ1v) is 18.1. The van der Waals surface area contributed by atoms with Crippen LogP contribution in [0.3, 0.4) is 0 Å². The molecule has 266 valence electrons. The number of rotatable bonds is 15. The van der Waals surface area contributed by atoms with Gasteiger partial charge in [0.1, 0.15) is 12.1 Å². The van der Waals surface area contributed by atoms with Gasteiger partial charge in [0.2, 0.25) is 0 Å². The van der Waals surface area contributed by atoms with E-state index >= 15 is 0 Å². The number of benzene rings is 1. The summed E-state index contributed by atoms with van der Waals surface area (Å²) in [6.07, 6.45) is 16.5.